The molecule has 0 spiro atoms. The summed E-state index contributed by atoms with van der Waals surface area (Å²) in [7, 11) is 0. The molecule has 0 heterocycles. The smallest absolute Gasteiger partial charge is 0.331 e. The maximum absolute atomic E-state index is 11.2. The Hall–Kier alpha value is -1.32. The molecule has 0 aromatic carbocycles. The molecule has 0 bridgehead atoms. The van der Waals surface area contributed by atoms with E-state index in [0.717, 1.165) is 57.8 Å². The molecule has 0 aliphatic heterocycles. The largest absolute Gasteiger partial charge is 0.481 e. The zero-order valence-corrected chi connectivity index (χ0v) is 14.7. The van der Waals surface area contributed by atoms with Gasteiger partial charge in [-0.2, -0.15) is 0 Å². The van der Waals surface area contributed by atoms with Crippen LogP contribution in [-0.4, -0.2) is 22.2 Å². The molecule has 0 amide bonds. The highest BCUT2D eigenvalue weighted by Gasteiger charge is 2.06. The maximum atomic E-state index is 11.2. The fraction of sp³-hybridized carbons (Fsp3) is 0.789. The molecule has 0 fully saturated rings. The molecular weight excluding hydrogens is 292 g/mol. The fourth-order valence-electron chi connectivity index (χ4n) is 2.62. The molecular formula is C19H34O4. The number of aliphatic carboxylic acids is 2. The molecule has 0 aliphatic carbocycles. The first-order valence-electron chi connectivity index (χ1n) is 9.22. The minimum absolute atomic E-state index is 0.269. The third kappa shape index (κ3) is 15.4. The van der Waals surface area contributed by atoms with Crippen LogP contribution < -0.4 is 0 Å². The second-order valence-corrected chi connectivity index (χ2v) is 6.25. The molecule has 0 unspecified atom stereocenters. The predicted octanol–water partition coefficient (Wildman–Crippen LogP) is 5.56. The van der Waals surface area contributed by atoms with Gasteiger partial charge in [-0.3, -0.25) is 4.79 Å². The van der Waals surface area contributed by atoms with Crippen molar-refractivity contribution < 1.29 is 19.8 Å². The van der Waals surface area contributed by atoms with Crippen molar-refractivity contribution in [3.63, 3.8) is 0 Å². The van der Waals surface area contributed by atoms with Gasteiger partial charge in [0.05, 0.1) is 0 Å². The molecule has 4 nitrogen and oxygen atoms in total. The van der Waals surface area contributed by atoms with Crippen LogP contribution in [-0.2, 0) is 9.59 Å². The van der Waals surface area contributed by atoms with E-state index in [4.69, 9.17) is 5.11 Å². The van der Waals surface area contributed by atoms with Crippen molar-refractivity contribution in [2.75, 3.05) is 0 Å². The molecule has 4 heteroatoms. The van der Waals surface area contributed by atoms with Gasteiger partial charge in [0.2, 0.25) is 0 Å². The highest BCUT2D eigenvalue weighted by atomic mass is 16.4. The summed E-state index contributed by atoms with van der Waals surface area (Å²) in [5.74, 6) is -1.48. The van der Waals surface area contributed by atoms with Gasteiger partial charge in [-0.15, -0.1) is 0 Å². The molecule has 0 aromatic rings. The molecule has 0 saturated heterocycles. The van der Waals surface area contributed by atoms with Gasteiger partial charge in [-0.1, -0.05) is 64.4 Å². The summed E-state index contributed by atoms with van der Waals surface area (Å²) < 4.78 is 0. The van der Waals surface area contributed by atoms with E-state index in [0.29, 0.717) is 12.0 Å². The number of hydrogen-bond acceptors (Lipinski definition) is 2. The van der Waals surface area contributed by atoms with Crippen LogP contribution in [0.5, 0.6) is 0 Å². The van der Waals surface area contributed by atoms with E-state index in [1.807, 2.05) is 6.08 Å². The van der Waals surface area contributed by atoms with E-state index < -0.39 is 11.9 Å². The number of carboxylic acid groups (broad SMARTS) is 2. The molecule has 0 aliphatic rings. The van der Waals surface area contributed by atoms with Crippen molar-refractivity contribution in [2.24, 2.45) is 0 Å². The van der Waals surface area contributed by atoms with Crippen molar-refractivity contribution in [3.05, 3.63) is 11.6 Å². The van der Waals surface area contributed by atoms with Crippen LogP contribution in [0.1, 0.15) is 96.8 Å². The van der Waals surface area contributed by atoms with Gasteiger partial charge in [-0.05, 0) is 32.1 Å². The Bertz CT molecular complexity index is 347. The Morgan fingerprint density at radius 1 is 0.739 bits per heavy atom. The molecule has 0 saturated carbocycles. The topological polar surface area (TPSA) is 74.6 Å². The number of hydrogen-bond donors (Lipinski definition) is 2. The molecule has 0 atom stereocenters. The van der Waals surface area contributed by atoms with Crippen LogP contribution in [0.15, 0.2) is 11.6 Å². The summed E-state index contributed by atoms with van der Waals surface area (Å²) in [6.07, 6.45) is 15.4. The van der Waals surface area contributed by atoms with Crippen molar-refractivity contribution in [3.8, 4) is 0 Å². The van der Waals surface area contributed by atoms with Crippen LogP contribution in [0.25, 0.3) is 0 Å². The Morgan fingerprint density at radius 3 is 1.78 bits per heavy atom. The van der Waals surface area contributed by atoms with Crippen LogP contribution in [0, 0.1) is 0 Å². The van der Waals surface area contributed by atoms with Crippen molar-refractivity contribution in [1.29, 1.82) is 0 Å². The molecule has 134 valence electrons. The number of unbranched alkanes of at least 4 members (excludes halogenated alkanes) is 10. The first-order valence-corrected chi connectivity index (χ1v) is 9.22. The Labute approximate surface area is 141 Å². The summed E-state index contributed by atoms with van der Waals surface area (Å²) in [6, 6.07) is 0. The number of allylic oxidation sites excluding steroid dienone is 1. The summed E-state index contributed by atoms with van der Waals surface area (Å²) in [5.41, 5.74) is 0.572. The van der Waals surface area contributed by atoms with Gasteiger partial charge >= 0.3 is 11.9 Å². The third-order valence-corrected chi connectivity index (χ3v) is 4.06. The lowest BCUT2D eigenvalue weighted by Gasteiger charge is -2.04. The Balaban J connectivity index is 3.62. The normalized spacial score (nSPS) is 11.6. The van der Waals surface area contributed by atoms with E-state index in [-0.39, 0.29) is 6.42 Å². The second kappa shape index (κ2) is 15.6. The van der Waals surface area contributed by atoms with Crippen molar-refractivity contribution in [2.45, 2.75) is 96.8 Å². The Morgan fingerprint density at radius 2 is 1.26 bits per heavy atom. The minimum atomic E-state index is -0.769. The van der Waals surface area contributed by atoms with E-state index in [2.05, 4.69) is 6.92 Å². The number of rotatable bonds is 16. The van der Waals surface area contributed by atoms with Gasteiger partial charge < -0.3 is 10.2 Å². The van der Waals surface area contributed by atoms with E-state index in [1.165, 1.54) is 19.3 Å². The van der Waals surface area contributed by atoms with Gasteiger partial charge in [0.15, 0.2) is 0 Å². The molecule has 23 heavy (non-hydrogen) atoms. The van der Waals surface area contributed by atoms with Crippen LogP contribution in [0.3, 0.4) is 0 Å². The quantitative estimate of drug-likeness (QED) is 0.287. The average molecular weight is 326 g/mol. The zero-order valence-electron chi connectivity index (χ0n) is 14.7. The Kier molecular flexibility index (Phi) is 14.7. The highest BCUT2D eigenvalue weighted by Crippen LogP contribution is 2.15. The maximum Gasteiger partial charge on any atom is 0.331 e. The van der Waals surface area contributed by atoms with Gasteiger partial charge in [-0.25, -0.2) is 4.79 Å². The zero-order chi connectivity index (χ0) is 17.3. The molecule has 0 radical (unpaired) electrons. The standard InChI is InChI=1S/C19H34O4/c1-2-3-4-8-11-14-17(19(22)23)15-12-9-6-5-7-10-13-16-18(20)21/h14H,2-13,15-16H2,1H3,(H,20,21)(H,22,23). The van der Waals surface area contributed by atoms with E-state index in [1.54, 1.807) is 0 Å². The molecule has 0 rings (SSSR count). The summed E-state index contributed by atoms with van der Waals surface area (Å²) in [5, 5.41) is 17.7. The summed E-state index contributed by atoms with van der Waals surface area (Å²) in [6.45, 7) is 2.17. The van der Waals surface area contributed by atoms with Crippen LogP contribution >= 0.6 is 0 Å². The number of carbonyl (C=O) groups is 2. The third-order valence-electron chi connectivity index (χ3n) is 4.06. The van der Waals surface area contributed by atoms with Gasteiger partial charge in [0.25, 0.3) is 0 Å². The number of carboxylic acids is 2. The lowest BCUT2D eigenvalue weighted by atomic mass is 10.0. The lowest BCUT2D eigenvalue weighted by Crippen LogP contribution is -2.00. The van der Waals surface area contributed by atoms with Crippen LogP contribution in [0.2, 0.25) is 0 Å². The summed E-state index contributed by atoms with van der Waals surface area (Å²) >= 11 is 0. The van der Waals surface area contributed by atoms with Crippen molar-refractivity contribution in [1.82, 2.24) is 0 Å². The summed E-state index contributed by atoms with van der Waals surface area (Å²) in [4.78, 5) is 21.6. The first-order chi connectivity index (χ1) is 11.1. The predicted molar refractivity (Wildman–Crippen MR) is 93.7 cm³/mol. The average Bonchev–Trinajstić information content (AvgIpc) is 2.50. The van der Waals surface area contributed by atoms with Crippen LogP contribution in [0.4, 0.5) is 0 Å². The first kappa shape index (κ1) is 21.7. The van der Waals surface area contributed by atoms with Crippen molar-refractivity contribution >= 4 is 11.9 Å². The minimum Gasteiger partial charge on any atom is -0.481 e. The fourth-order valence-corrected chi connectivity index (χ4v) is 2.62. The lowest BCUT2D eigenvalue weighted by molar-refractivity contribution is -0.137. The van der Waals surface area contributed by atoms with E-state index >= 15 is 0 Å². The monoisotopic (exact) mass is 326 g/mol. The van der Waals surface area contributed by atoms with Gasteiger partial charge in [0.1, 0.15) is 0 Å². The van der Waals surface area contributed by atoms with Gasteiger partial charge in [0, 0.05) is 12.0 Å². The highest BCUT2D eigenvalue weighted by molar-refractivity contribution is 5.86. The van der Waals surface area contributed by atoms with E-state index in [9.17, 15) is 14.7 Å². The second-order valence-electron chi connectivity index (χ2n) is 6.25. The molecule has 0 aromatic heterocycles. The SMILES string of the molecule is CCCCCCC=C(CCCCCCCCCC(=O)O)C(=O)O. The molecule has 2 N–H and O–H groups in total.